The number of carbonyl (C=O) groups is 1. The number of nitrogens with zero attached hydrogens (tertiary/aromatic N) is 2. The summed E-state index contributed by atoms with van der Waals surface area (Å²) in [7, 11) is 0. The van der Waals surface area contributed by atoms with Crippen LogP contribution in [0.5, 0.6) is 0 Å². The van der Waals surface area contributed by atoms with E-state index in [1.165, 1.54) is 12.5 Å². The number of likely N-dealkylation sites (tertiary alicyclic amines) is 1. The molecule has 148 valence electrons. The van der Waals surface area contributed by atoms with Crippen molar-refractivity contribution in [2.24, 2.45) is 5.41 Å². The van der Waals surface area contributed by atoms with Crippen LogP contribution in [0.2, 0.25) is 0 Å². The van der Waals surface area contributed by atoms with Gasteiger partial charge in [0.2, 0.25) is 0 Å². The first-order valence-corrected chi connectivity index (χ1v) is 9.49. The Bertz CT molecular complexity index is 849. The molecule has 2 aliphatic rings. The zero-order valence-corrected chi connectivity index (χ0v) is 15.4. The van der Waals surface area contributed by atoms with E-state index in [1.54, 1.807) is 35.5 Å². The van der Waals surface area contributed by atoms with Gasteiger partial charge < -0.3 is 10.2 Å². The first kappa shape index (κ1) is 18.8. The molecule has 1 aromatic carbocycles. The number of carbonyl (C=O) groups excluding carboxylic acids is 1. The van der Waals surface area contributed by atoms with Crippen LogP contribution >= 0.6 is 0 Å². The van der Waals surface area contributed by atoms with Crippen LogP contribution in [0.1, 0.15) is 48.4 Å². The molecule has 1 atom stereocenters. The zero-order valence-electron chi connectivity index (χ0n) is 15.4. The van der Waals surface area contributed by atoms with Crippen molar-refractivity contribution in [3.05, 3.63) is 65.5 Å². The van der Waals surface area contributed by atoms with E-state index in [9.17, 15) is 18.0 Å². The van der Waals surface area contributed by atoms with Gasteiger partial charge in [0.1, 0.15) is 0 Å². The Balaban J connectivity index is 1.59. The summed E-state index contributed by atoms with van der Waals surface area (Å²) in [6, 6.07) is 7.63. The number of hydrogen-bond acceptors (Lipinski definition) is 2. The molecular weight excluding hydrogens is 367 g/mol. The minimum Gasteiger partial charge on any atom is -0.327 e. The summed E-state index contributed by atoms with van der Waals surface area (Å²) in [5.74, 6) is 0. The molecule has 0 unspecified atom stereocenters. The lowest BCUT2D eigenvalue weighted by Gasteiger charge is -2.38. The molecule has 1 aromatic heterocycles. The van der Waals surface area contributed by atoms with Crippen molar-refractivity contribution < 1.29 is 18.0 Å². The molecule has 0 radical (unpaired) electrons. The van der Waals surface area contributed by atoms with Crippen LogP contribution in [0, 0.1) is 5.41 Å². The number of alkyl halides is 3. The van der Waals surface area contributed by atoms with Crippen LogP contribution in [0.4, 0.5) is 18.0 Å². The van der Waals surface area contributed by atoms with E-state index in [0.29, 0.717) is 17.7 Å². The van der Waals surface area contributed by atoms with Crippen molar-refractivity contribution in [2.45, 2.75) is 37.9 Å². The highest BCUT2D eigenvalue weighted by Crippen LogP contribution is 2.48. The molecule has 1 aliphatic heterocycles. The highest BCUT2D eigenvalue weighted by Gasteiger charge is 2.44. The Morgan fingerprint density at radius 1 is 1.14 bits per heavy atom. The summed E-state index contributed by atoms with van der Waals surface area (Å²) in [4.78, 5) is 18.7. The van der Waals surface area contributed by atoms with E-state index in [1.807, 2.05) is 0 Å². The highest BCUT2D eigenvalue weighted by molar-refractivity contribution is 5.75. The van der Waals surface area contributed by atoms with E-state index in [4.69, 9.17) is 0 Å². The minimum atomic E-state index is -4.44. The lowest BCUT2D eigenvalue weighted by molar-refractivity contribution is -0.137. The zero-order chi connectivity index (χ0) is 19.8. The fourth-order valence-electron chi connectivity index (χ4n) is 4.21. The fraction of sp³-hybridized carbons (Fsp3) is 0.429. The van der Waals surface area contributed by atoms with Crippen LogP contribution in [0.25, 0.3) is 0 Å². The normalized spacial score (nSPS) is 19.3. The molecule has 1 spiro atoms. The Hall–Kier alpha value is -2.57. The number of pyridine rings is 1. The Labute approximate surface area is 161 Å². The van der Waals surface area contributed by atoms with Gasteiger partial charge in [-0.05, 0) is 54.0 Å². The number of halogens is 3. The van der Waals surface area contributed by atoms with Gasteiger partial charge in [-0.1, -0.05) is 24.6 Å². The fourth-order valence-corrected chi connectivity index (χ4v) is 4.21. The number of urea groups is 1. The van der Waals surface area contributed by atoms with Gasteiger partial charge in [-0.15, -0.1) is 0 Å². The summed E-state index contributed by atoms with van der Waals surface area (Å²) >= 11 is 0. The smallest absolute Gasteiger partial charge is 0.327 e. The molecule has 0 bridgehead atoms. The van der Waals surface area contributed by atoms with Crippen molar-refractivity contribution in [1.82, 2.24) is 15.2 Å². The third kappa shape index (κ3) is 3.70. The molecule has 28 heavy (non-hydrogen) atoms. The average molecular weight is 389 g/mol. The molecule has 1 N–H and O–H groups in total. The van der Waals surface area contributed by atoms with Crippen LogP contribution in [-0.2, 0) is 6.18 Å². The summed E-state index contributed by atoms with van der Waals surface area (Å²) in [5.41, 5.74) is 0.557. The standard InChI is InChI=1S/C21H22F3N3O/c22-21(23,24)17-6-1-4-15(12-17)18(16-5-2-10-25-13-16)26-19(28)27-11-9-20(14-27)7-3-8-20/h1-2,4-6,10,12-13,18H,3,7-9,11,14H2,(H,26,28)/t18-/m1/s1. The number of hydrogen-bond donors (Lipinski definition) is 1. The van der Waals surface area contributed by atoms with Gasteiger partial charge in [0.15, 0.2) is 0 Å². The lowest BCUT2D eigenvalue weighted by Crippen LogP contribution is -2.43. The molecular formula is C21H22F3N3O. The molecule has 4 nitrogen and oxygen atoms in total. The van der Waals surface area contributed by atoms with E-state index in [2.05, 4.69) is 10.3 Å². The van der Waals surface area contributed by atoms with E-state index < -0.39 is 17.8 Å². The SMILES string of the molecule is O=C(N[C@@H](c1cccnc1)c1cccc(C(F)(F)F)c1)N1CCC2(CCC2)C1. The minimum absolute atomic E-state index is 0.241. The molecule has 1 saturated heterocycles. The van der Waals surface area contributed by atoms with E-state index in [0.717, 1.165) is 37.9 Å². The molecule has 7 heteroatoms. The number of nitrogens with one attached hydrogen (secondary N) is 1. The summed E-state index contributed by atoms with van der Waals surface area (Å²) < 4.78 is 39.5. The van der Waals surface area contributed by atoms with E-state index in [-0.39, 0.29) is 11.4 Å². The van der Waals surface area contributed by atoms with Gasteiger partial charge in [-0.3, -0.25) is 4.98 Å². The van der Waals surface area contributed by atoms with Gasteiger partial charge in [0, 0.05) is 25.5 Å². The topological polar surface area (TPSA) is 45.2 Å². The monoisotopic (exact) mass is 389 g/mol. The highest BCUT2D eigenvalue weighted by atomic mass is 19.4. The van der Waals surface area contributed by atoms with Crippen LogP contribution in [-0.4, -0.2) is 29.0 Å². The molecule has 2 aromatic rings. The van der Waals surface area contributed by atoms with Crippen LogP contribution in [0.15, 0.2) is 48.8 Å². The maximum Gasteiger partial charge on any atom is 0.416 e. The van der Waals surface area contributed by atoms with Gasteiger partial charge in [0.05, 0.1) is 11.6 Å². The van der Waals surface area contributed by atoms with Gasteiger partial charge in [-0.2, -0.15) is 13.2 Å². The first-order chi connectivity index (χ1) is 13.4. The first-order valence-electron chi connectivity index (χ1n) is 9.49. The van der Waals surface area contributed by atoms with Gasteiger partial charge in [0.25, 0.3) is 0 Å². The van der Waals surface area contributed by atoms with E-state index >= 15 is 0 Å². The molecule has 2 amide bonds. The second-order valence-corrected chi connectivity index (χ2v) is 7.82. The summed E-state index contributed by atoms with van der Waals surface area (Å²) in [6.45, 7) is 1.41. The predicted molar refractivity (Wildman–Crippen MR) is 98.5 cm³/mol. The van der Waals surface area contributed by atoms with Crippen molar-refractivity contribution in [2.75, 3.05) is 13.1 Å². The predicted octanol–water partition coefficient (Wildman–Crippen LogP) is 4.78. The maximum absolute atomic E-state index is 13.2. The van der Waals surface area contributed by atoms with Crippen molar-refractivity contribution in [3.63, 3.8) is 0 Å². The Morgan fingerprint density at radius 3 is 2.54 bits per heavy atom. The third-order valence-corrected chi connectivity index (χ3v) is 5.97. The molecule has 1 aliphatic carbocycles. The van der Waals surface area contributed by atoms with Crippen molar-refractivity contribution in [3.8, 4) is 0 Å². The molecule has 2 fully saturated rings. The maximum atomic E-state index is 13.2. The number of aromatic nitrogens is 1. The lowest BCUT2D eigenvalue weighted by atomic mass is 9.68. The second-order valence-electron chi connectivity index (χ2n) is 7.82. The molecule has 1 saturated carbocycles. The Kier molecular flexibility index (Phi) is 4.77. The number of rotatable bonds is 3. The summed E-state index contributed by atoms with van der Waals surface area (Å²) in [6.07, 6.45) is 3.23. The molecule has 2 heterocycles. The van der Waals surface area contributed by atoms with Crippen molar-refractivity contribution >= 4 is 6.03 Å². The number of benzene rings is 1. The Morgan fingerprint density at radius 2 is 1.93 bits per heavy atom. The van der Waals surface area contributed by atoms with Gasteiger partial charge >= 0.3 is 12.2 Å². The summed E-state index contributed by atoms with van der Waals surface area (Å²) in [5, 5.41) is 2.94. The quantitative estimate of drug-likeness (QED) is 0.822. The number of amides is 2. The van der Waals surface area contributed by atoms with Gasteiger partial charge in [-0.25, -0.2) is 4.79 Å². The largest absolute Gasteiger partial charge is 0.416 e. The van der Waals surface area contributed by atoms with Crippen LogP contribution in [0.3, 0.4) is 0 Å². The second kappa shape index (κ2) is 7.11. The molecule has 4 rings (SSSR count). The average Bonchev–Trinajstić information content (AvgIpc) is 3.13. The van der Waals surface area contributed by atoms with Crippen molar-refractivity contribution in [1.29, 1.82) is 0 Å². The third-order valence-electron chi connectivity index (χ3n) is 5.97. The van der Waals surface area contributed by atoms with Crippen LogP contribution < -0.4 is 5.32 Å².